The highest BCUT2D eigenvalue weighted by atomic mass is 16.7. The molecule has 0 saturated heterocycles. The van der Waals surface area contributed by atoms with Gasteiger partial charge in [-0.1, -0.05) is 101 Å². The topological polar surface area (TPSA) is 27.7 Å². The van der Waals surface area contributed by atoms with Crippen molar-refractivity contribution in [2.24, 2.45) is 11.3 Å². The van der Waals surface area contributed by atoms with Crippen LogP contribution in [0.5, 0.6) is 11.5 Å². The third-order valence-corrected chi connectivity index (χ3v) is 6.78. The highest BCUT2D eigenvalue weighted by Crippen LogP contribution is 2.43. The summed E-state index contributed by atoms with van der Waals surface area (Å²) in [6, 6.07) is 27.3. The molecule has 2 atom stereocenters. The first-order valence-corrected chi connectivity index (χ1v) is 13.1. The van der Waals surface area contributed by atoms with Crippen molar-refractivity contribution in [1.82, 2.24) is 0 Å². The van der Waals surface area contributed by atoms with Crippen LogP contribution in [-0.2, 0) is 4.74 Å². The Balaban J connectivity index is 1.43. The molecular weight excluding hydrogens is 444 g/mol. The zero-order chi connectivity index (χ0) is 25.7. The maximum Gasteiger partial charge on any atom is 0.197 e. The van der Waals surface area contributed by atoms with Gasteiger partial charge in [0.15, 0.2) is 6.29 Å². The molecule has 0 spiro atoms. The van der Waals surface area contributed by atoms with Gasteiger partial charge >= 0.3 is 0 Å². The van der Waals surface area contributed by atoms with Crippen LogP contribution in [0.3, 0.4) is 0 Å². The zero-order valence-corrected chi connectivity index (χ0v) is 22.6. The quantitative estimate of drug-likeness (QED) is 0.166. The number of fused-ring (bicyclic) bond motifs is 2. The van der Waals surface area contributed by atoms with Crippen molar-refractivity contribution >= 4 is 21.5 Å². The molecule has 0 aromatic heterocycles. The number of rotatable bonds is 10. The van der Waals surface area contributed by atoms with Crippen molar-refractivity contribution in [3.8, 4) is 11.5 Å². The van der Waals surface area contributed by atoms with Crippen molar-refractivity contribution in [3.05, 3.63) is 84.4 Å². The Morgan fingerprint density at radius 2 is 1.31 bits per heavy atom. The third kappa shape index (κ3) is 6.20. The van der Waals surface area contributed by atoms with Crippen LogP contribution in [0.4, 0.5) is 0 Å². The largest absolute Gasteiger partial charge is 0.491 e. The molecule has 0 aliphatic carbocycles. The molecule has 190 valence electrons. The molecule has 0 radical (unpaired) electrons. The summed E-state index contributed by atoms with van der Waals surface area (Å²) in [6.45, 7) is 14.5. The molecule has 0 N–H and O–H groups in total. The molecule has 2 unspecified atom stereocenters. The predicted octanol–water partition coefficient (Wildman–Crippen LogP) is 8.99. The molecule has 0 fully saturated rings. The minimum Gasteiger partial charge on any atom is -0.491 e. The Morgan fingerprint density at radius 3 is 2.08 bits per heavy atom. The summed E-state index contributed by atoms with van der Waals surface area (Å²) in [5.74, 6) is 2.83. The van der Waals surface area contributed by atoms with Crippen LogP contribution < -0.4 is 9.47 Å². The number of hydrogen-bond donors (Lipinski definition) is 0. The van der Waals surface area contributed by atoms with Gasteiger partial charge in [-0.25, -0.2) is 0 Å². The van der Waals surface area contributed by atoms with E-state index in [4.69, 9.17) is 14.2 Å². The first kappa shape index (κ1) is 26.0. The van der Waals surface area contributed by atoms with Gasteiger partial charge in [-0.15, -0.1) is 0 Å². The minimum absolute atomic E-state index is 0.176. The van der Waals surface area contributed by atoms with Crippen molar-refractivity contribution in [3.63, 3.8) is 0 Å². The van der Waals surface area contributed by atoms with Gasteiger partial charge in [0.1, 0.15) is 18.1 Å². The van der Waals surface area contributed by atoms with E-state index in [0.717, 1.165) is 28.7 Å². The van der Waals surface area contributed by atoms with E-state index in [-0.39, 0.29) is 11.7 Å². The van der Waals surface area contributed by atoms with E-state index in [0.29, 0.717) is 25.0 Å². The number of hydrogen-bond acceptors (Lipinski definition) is 3. The Morgan fingerprint density at radius 1 is 0.667 bits per heavy atom. The number of benzene rings is 4. The maximum atomic E-state index is 6.27. The molecule has 3 heteroatoms. The van der Waals surface area contributed by atoms with Crippen molar-refractivity contribution in [2.75, 3.05) is 13.2 Å². The molecule has 0 saturated carbocycles. The fourth-order valence-electron chi connectivity index (χ4n) is 5.03. The van der Waals surface area contributed by atoms with Crippen molar-refractivity contribution < 1.29 is 14.2 Å². The van der Waals surface area contributed by atoms with Crippen molar-refractivity contribution in [2.45, 2.75) is 60.2 Å². The lowest BCUT2D eigenvalue weighted by Gasteiger charge is -2.33. The lowest BCUT2D eigenvalue weighted by molar-refractivity contribution is -0.0730. The van der Waals surface area contributed by atoms with E-state index in [9.17, 15) is 0 Å². The summed E-state index contributed by atoms with van der Waals surface area (Å²) >= 11 is 0. The highest BCUT2D eigenvalue weighted by Gasteiger charge is 2.28. The second kappa shape index (κ2) is 11.3. The molecule has 4 rings (SSSR count). The monoisotopic (exact) mass is 484 g/mol. The third-order valence-electron chi connectivity index (χ3n) is 6.78. The minimum atomic E-state index is -0.385. The van der Waals surface area contributed by atoms with Crippen molar-refractivity contribution in [1.29, 1.82) is 0 Å². The second-order valence-corrected chi connectivity index (χ2v) is 11.1. The Kier molecular flexibility index (Phi) is 8.21. The zero-order valence-electron chi connectivity index (χ0n) is 22.6. The average Bonchev–Trinajstić information content (AvgIpc) is 2.84. The molecule has 3 nitrogen and oxygen atoms in total. The summed E-state index contributed by atoms with van der Waals surface area (Å²) in [5.41, 5.74) is 1.58. The van der Waals surface area contributed by atoms with Gasteiger partial charge in [0.25, 0.3) is 0 Å². The first-order chi connectivity index (χ1) is 17.2. The van der Waals surface area contributed by atoms with Crippen LogP contribution in [0.15, 0.2) is 78.9 Å². The van der Waals surface area contributed by atoms with E-state index in [1.54, 1.807) is 0 Å². The van der Waals surface area contributed by atoms with Crippen LogP contribution in [0.25, 0.3) is 21.5 Å². The molecular formula is C33H40O3. The molecule has 4 aromatic carbocycles. The Labute approximate surface area is 216 Å². The Bertz CT molecular complexity index is 1280. The average molecular weight is 485 g/mol. The van der Waals surface area contributed by atoms with Gasteiger partial charge in [0.05, 0.1) is 6.61 Å². The van der Waals surface area contributed by atoms with Gasteiger partial charge in [-0.05, 0) is 59.1 Å². The molecule has 4 aromatic rings. The lowest BCUT2D eigenvalue weighted by Crippen LogP contribution is -2.21. The van der Waals surface area contributed by atoms with Gasteiger partial charge in [0, 0.05) is 10.8 Å². The maximum absolute atomic E-state index is 6.27. The molecule has 0 amide bonds. The second-order valence-electron chi connectivity index (χ2n) is 11.1. The molecule has 0 heterocycles. The highest BCUT2D eigenvalue weighted by molar-refractivity contribution is 5.91. The molecule has 0 bridgehead atoms. The fourth-order valence-corrected chi connectivity index (χ4v) is 5.03. The van der Waals surface area contributed by atoms with Crippen LogP contribution in [-0.4, -0.2) is 19.5 Å². The van der Waals surface area contributed by atoms with E-state index < -0.39 is 0 Å². The molecule has 0 aliphatic heterocycles. The number of ether oxygens (including phenoxy) is 3. The van der Waals surface area contributed by atoms with Crippen LogP contribution >= 0.6 is 0 Å². The van der Waals surface area contributed by atoms with E-state index >= 15 is 0 Å². The van der Waals surface area contributed by atoms with Gasteiger partial charge < -0.3 is 14.2 Å². The first-order valence-electron chi connectivity index (χ1n) is 13.1. The summed E-state index contributed by atoms with van der Waals surface area (Å²) in [7, 11) is 0. The van der Waals surface area contributed by atoms with Crippen LogP contribution in [0, 0.1) is 11.3 Å². The lowest BCUT2D eigenvalue weighted by atomic mass is 9.71. The predicted molar refractivity (Wildman–Crippen MR) is 151 cm³/mol. The summed E-state index contributed by atoms with van der Waals surface area (Å²) < 4.78 is 18.3. The van der Waals surface area contributed by atoms with Gasteiger partial charge in [0.2, 0.25) is 0 Å². The molecule has 36 heavy (non-hydrogen) atoms. The fraction of sp³-hybridized carbons (Fsp3) is 0.394. The SMILES string of the molecule is CC(C)CC(c1cccc2c(OC(C)OCCOc3cccc4ccccc34)cccc12)C(C)(C)C. The van der Waals surface area contributed by atoms with Gasteiger partial charge in [-0.2, -0.15) is 0 Å². The summed E-state index contributed by atoms with van der Waals surface area (Å²) in [4.78, 5) is 0. The standard InChI is InChI=1S/C33H40O3/c1-23(2)22-30(33(4,5)6)28-16-10-17-29-27(28)15-11-19-32(29)36-24(3)34-20-21-35-31-18-9-13-25-12-7-8-14-26(25)31/h7-19,23-24,30H,20-22H2,1-6H3. The summed E-state index contributed by atoms with van der Waals surface area (Å²) in [5, 5.41) is 4.68. The smallest absolute Gasteiger partial charge is 0.197 e. The van der Waals surface area contributed by atoms with Crippen LogP contribution in [0.2, 0.25) is 0 Å². The summed E-state index contributed by atoms with van der Waals surface area (Å²) in [6.07, 6.45) is 0.772. The molecule has 0 aliphatic rings. The van der Waals surface area contributed by atoms with E-state index in [1.807, 2.05) is 37.3 Å². The van der Waals surface area contributed by atoms with E-state index in [1.165, 1.54) is 16.3 Å². The van der Waals surface area contributed by atoms with E-state index in [2.05, 4.69) is 83.1 Å². The van der Waals surface area contributed by atoms with Crippen LogP contribution in [0.1, 0.15) is 59.4 Å². The van der Waals surface area contributed by atoms with Gasteiger partial charge in [-0.3, -0.25) is 0 Å². The normalized spacial score (nSPS) is 13.8. The Hall–Kier alpha value is -3.04.